The van der Waals surface area contributed by atoms with Crippen LogP contribution in [0.15, 0.2) is 46.8 Å². The van der Waals surface area contributed by atoms with Crippen LogP contribution in [0.2, 0.25) is 0 Å². The van der Waals surface area contributed by atoms with Crippen LogP contribution in [0.1, 0.15) is 45.6 Å². The van der Waals surface area contributed by atoms with Gasteiger partial charge in [-0.05, 0) is 50.8 Å². The summed E-state index contributed by atoms with van der Waals surface area (Å²) in [5, 5.41) is 3.17. The maximum Gasteiger partial charge on any atom is 0.337 e. The molecule has 3 atom stereocenters. The number of Topliss-reactive ketones (excluding diaryl/α,β-unsaturated/α-hetero) is 1. The van der Waals surface area contributed by atoms with E-state index in [1.165, 1.54) is 25.3 Å². The number of hydrogen-bond acceptors (Lipinski definition) is 6. The molecule has 0 radical (unpaired) electrons. The molecule has 1 aromatic carbocycles. The van der Waals surface area contributed by atoms with Crippen molar-refractivity contribution in [3.63, 3.8) is 0 Å². The highest BCUT2D eigenvalue weighted by Gasteiger charge is 2.47. The van der Waals surface area contributed by atoms with Gasteiger partial charge in [0.15, 0.2) is 5.78 Å². The number of rotatable bonds is 4. The van der Waals surface area contributed by atoms with E-state index in [2.05, 4.69) is 5.32 Å². The van der Waals surface area contributed by atoms with Crippen LogP contribution < -0.4 is 5.32 Å². The molecule has 0 aromatic heterocycles. The quantitative estimate of drug-likeness (QED) is 0.600. The first-order valence-electron chi connectivity index (χ1n) is 9.95. The Hall–Kier alpha value is -2.96. The first-order chi connectivity index (χ1) is 14.1. The molecule has 0 unspecified atom stereocenters. The largest absolute Gasteiger partial charge is 0.468 e. The molecule has 0 bridgehead atoms. The van der Waals surface area contributed by atoms with Crippen molar-refractivity contribution in [3.05, 3.63) is 58.2 Å². The summed E-state index contributed by atoms with van der Waals surface area (Å²) in [6, 6.07) is 5.79. The third kappa shape index (κ3) is 3.88. The minimum absolute atomic E-state index is 0.236. The number of hydrogen-bond donors (Lipinski definition) is 1. The van der Waals surface area contributed by atoms with E-state index in [4.69, 9.17) is 9.47 Å². The molecule has 1 heterocycles. The van der Waals surface area contributed by atoms with Gasteiger partial charge in [0.25, 0.3) is 0 Å². The lowest BCUT2D eigenvalue weighted by Crippen LogP contribution is -2.43. The predicted octanol–water partition coefficient (Wildman–Crippen LogP) is 3.39. The third-order valence-corrected chi connectivity index (χ3v) is 5.49. The van der Waals surface area contributed by atoms with Crippen molar-refractivity contribution >= 4 is 17.7 Å². The topological polar surface area (TPSA) is 81.7 Å². The predicted molar refractivity (Wildman–Crippen MR) is 108 cm³/mol. The van der Waals surface area contributed by atoms with E-state index in [-0.39, 0.29) is 23.2 Å². The van der Waals surface area contributed by atoms with Crippen LogP contribution in [0, 0.1) is 17.7 Å². The third-order valence-electron chi connectivity index (χ3n) is 5.49. The Morgan fingerprint density at radius 1 is 1.27 bits per heavy atom. The first kappa shape index (κ1) is 21.7. The van der Waals surface area contributed by atoms with Crippen LogP contribution >= 0.6 is 0 Å². The summed E-state index contributed by atoms with van der Waals surface area (Å²) in [5.41, 5.74) is 2.16. The van der Waals surface area contributed by atoms with Gasteiger partial charge in [0.2, 0.25) is 0 Å². The minimum atomic E-state index is -0.979. The lowest BCUT2D eigenvalue weighted by Gasteiger charge is -2.38. The number of esters is 2. The molecule has 7 heteroatoms. The Morgan fingerprint density at radius 3 is 2.57 bits per heavy atom. The second-order valence-electron chi connectivity index (χ2n) is 8.04. The molecule has 1 aromatic rings. The number of ketones is 1. The highest BCUT2D eigenvalue weighted by Crippen LogP contribution is 2.45. The molecule has 6 nitrogen and oxygen atoms in total. The zero-order valence-electron chi connectivity index (χ0n) is 17.7. The van der Waals surface area contributed by atoms with Gasteiger partial charge >= 0.3 is 11.9 Å². The molecular weight excluding hydrogens is 389 g/mol. The number of methoxy groups -OCH3 is 1. The minimum Gasteiger partial charge on any atom is -0.468 e. The van der Waals surface area contributed by atoms with E-state index >= 15 is 0 Å². The van der Waals surface area contributed by atoms with Gasteiger partial charge in [-0.25, -0.2) is 9.18 Å². The maximum atomic E-state index is 14.1. The van der Waals surface area contributed by atoms with Gasteiger partial charge in [0.1, 0.15) is 11.7 Å². The van der Waals surface area contributed by atoms with Gasteiger partial charge < -0.3 is 14.8 Å². The molecule has 0 fully saturated rings. The van der Waals surface area contributed by atoms with Gasteiger partial charge in [-0.15, -0.1) is 0 Å². The van der Waals surface area contributed by atoms with Gasteiger partial charge in [0, 0.05) is 22.9 Å². The molecule has 0 spiro atoms. The lowest BCUT2D eigenvalue weighted by molar-refractivity contribution is -0.151. The molecule has 160 valence electrons. The normalized spacial score (nSPS) is 23.8. The molecular formula is C23H26FNO5. The molecule has 0 amide bonds. The summed E-state index contributed by atoms with van der Waals surface area (Å²) >= 11 is 0. The average Bonchev–Trinajstić information content (AvgIpc) is 2.65. The van der Waals surface area contributed by atoms with Gasteiger partial charge in [-0.1, -0.05) is 19.1 Å². The van der Waals surface area contributed by atoms with Crippen LogP contribution in [0.4, 0.5) is 4.39 Å². The Balaban J connectivity index is 2.19. The monoisotopic (exact) mass is 415 g/mol. The zero-order chi connectivity index (χ0) is 22.2. The number of halogens is 1. The number of ether oxygens (including phenoxy) is 2. The fourth-order valence-corrected chi connectivity index (χ4v) is 4.25. The Labute approximate surface area is 175 Å². The number of carbonyl (C=O) groups excluding carboxylic acids is 3. The number of nitrogens with one attached hydrogen (secondary N) is 1. The second kappa shape index (κ2) is 8.42. The van der Waals surface area contributed by atoms with Crippen molar-refractivity contribution in [2.45, 2.75) is 46.1 Å². The Bertz CT molecular complexity index is 962. The van der Waals surface area contributed by atoms with Crippen LogP contribution in [0.25, 0.3) is 0 Å². The van der Waals surface area contributed by atoms with Crippen molar-refractivity contribution < 1.29 is 28.2 Å². The maximum absolute atomic E-state index is 14.1. The summed E-state index contributed by atoms with van der Waals surface area (Å²) < 4.78 is 24.3. The molecule has 2 aliphatic rings. The Morgan fingerprint density at radius 2 is 1.97 bits per heavy atom. The second-order valence-corrected chi connectivity index (χ2v) is 8.04. The highest BCUT2D eigenvalue weighted by molar-refractivity contribution is 6.12. The van der Waals surface area contributed by atoms with Crippen LogP contribution in [0.3, 0.4) is 0 Å². The Kier molecular flexibility index (Phi) is 6.10. The zero-order valence-corrected chi connectivity index (χ0v) is 17.7. The molecule has 3 rings (SSSR count). The molecule has 30 heavy (non-hydrogen) atoms. The van der Waals surface area contributed by atoms with Crippen molar-refractivity contribution in [3.8, 4) is 0 Å². The molecule has 1 aliphatic heterocycles. The van der Waals surface area contributed by atoms with Crippen LogP contribution in [-0.4, -0.2) is 30.9 Å². The van der Waals surface area contributed by atoms with Crippen molar-refractivity contribution in [1.29, 1.82) is 0 Å². The van der Waals surface area contributed by atoms with Crippen LogP contribution in [-0.2, 0) is 23.9 Å². The summed E-state index contributed by atoms with van der Waals surface area (Å²) in [5.74, 6) is -4.20. The van der Waals surface area contributed by atoms with Gasteiger partial charge in [-0.3, -0.25) is 9.59 Å². The van der Waals surface area contributed by atoms with Crippen molar-refractivity contribution in [1.82, 2.24) is 5.32 Å². The van der Waals surface area contributed by atoms with E-state index in [9.17, 15) is 18.8 Å². The molecule has 1 N–H and O–H groups in total. The summed E-state index contributed by atoms with van der Waals surface area (Å²) in [7, 11) is 1.24. The van der Waals surface area contributed by atoms with Crippen LogP contribution in [0.5, 0.6) is 0 Å². The van der Waals surface area contributed by atoms with E-state index in [1.54, 1.807) is 26.8 Å². The summed E-state index contributed by atoms with van der Waals surface area (Å²) in [6.45, 7) is 7.00. The fraction of sp³-hybridized carbons (Fsp3) is 0.435. The number of allylic oxidation sites excluding steroid dienone is 3. The SMILES string of the molecule is COC(=O)[C@@H]1C(=O)C2=C(C[C@H]1C)NC(C)=C(C(=O)OC(C)C)[C@H]2c1cccc(F)c1. The molecule has 0 saturated carbocycles. The van der Waals surface area contributed by atoms with E-state index in [0.29, 0.717) is 23.4 Å². The standard InChI is InChI=1S/C23H26FNO5/c1-11(2)30-23(28)18-13(4)25-16-9-12(3)17(22(27)29-5)21(26)20(16)19(18)14-7-6-8-15(24)10-14/h6-8,10-12,17,19,25H,9H2,1-5H3/t12-,17+,19-/m1/s1. The fourth-order valence-electron chi connectivity index (χ4n) is 4.25. The summed E-state index contributed by atoms with van der Waals surface area (Å²) in [4.78, 5) is 38.8. The smallest absolute Gasteiger partial charge is 0.337 e. The highest BCUT2D eigenvalue weighted by atomic mass is 19.1. The number of dihydropyridines is 1. The van der Waals surface area contributed by atoms with E-state index in [0.717, 1.165) is 0 Å². The van der Waals surface area contributed by atoms with Crippen molar-refractivity contribution in [2.75, 3.05) is 7.11 Å². The van der Waals surface area contributed by atoms with E-state index < -0.39 is 35.4 Å². The average molecular weight is 415 g/mol. The van der Waals surface area contributed by atoms with E-state index in [1.807, 2.05) is 6.92 Å². The first-order valence-corrected chi connectivity index (χ1v) is 9.95. The van der Waals surface area contributed by atoms with Crippen molar-refractivity contribution in [2.24, 2.45) is 11.8 Å². The van der Waals surface area contributed by atoms with Gasteiger partial charge in [0.05, 0.1) is 18.8 Å². The number of carbonyl (C=O) groups is 3. The summed E-state index contributed by atoms with van der Waals surface area (Å²) in [6.07, 6.45) is 0.0579. The molecule has 1 aliphatic carbocycles. The van der Waals surface area contributed by atoms with Gasteiger partial charge in [-0.2, -0.15) is 0 Å². The number of benzene rings is 1. The lowest BCUT2D eigenvalue weighted by atomic mass is 9.69. The molecule has 0 saturated heterocycles.